The number of benzene rings is 3. The highest BCUT2D eigenvalue weighted by molar-refractivity contribution is 5.98. The molecule has 5 aromatic rings. The molecular weight excluding hydrogens is 452 g/mol. The fourth-order valence-electron chi connectivity index (χ4n) is 4.12. The van der Waals surface area contributed by atoms with E-state index in [1.807, 2.05) is 18.2 Å². The molecule has 174 valence electrons. The highest BCUT2D eigenvalue weighted by atomic mass is 16.7. The van der Waals surface area contributed by atoms with Gasteiger partial charge in [0, 0.05) is 22.4 Å². The molecule has 3 aromatic carbocycles. The van der Waals surface area contributed by atoms with Crippen molar-refractivity contribution < 1.29 is 32.6 Å². The van der Waals surface area contributed by atoms with Gasteiger partial charge in [-0.3, -0.25) is 0 Å². The number of ether oxygens (including phenoxy) is 4. The van der Waals surface area contributed by atoms with Gasteiger partial charge in [0.05, 0.1) is 12.7 Å². The van der Waals surface area contributed by atoms with Crippen LogP contribution in [-0.4, -0.2) is 19.9 Å². The van der Waals surface area contributed by atoms with Gasteiger partial charge in [0.2, 0.25) is 6.79 Å². The lowest BCUT2D eigenvalue weighted by molar-refractivity contribution is 0.0733. The van der Waals surface area contributed by atoms with Gasteiger partial charge in [-0.25, -0.2) is 9.59 Å². The maximum absolute atomic E-state index is 12.9. The summed E-state index contributed by atoms with van der Waals surface area (Å²) in [6, 6.07) is 16.9. The minimum Gasteiger partial charge on any atom is -0.493 e. The van der Waals surface area contributed by atoms with Crippen molar-refractivity contribution >= 4 is 27.9 Å². The van der Waals surface area contributed by atoms with E-state index in [9.17, 15) is 9.59 Å². The minimum atomic E-state index is -0.557. The zero-order chi connectivity index (χ0) is 24.1. The lowest BCUT2D eigenvalue weighted by Gasteiger charge is -2.10. The zero-order valence-corrected chi connectivity index (χ0v) is 18.7. The van der Waals surface area contributed by atoms with Crippen molar-refractivity contribution in [2.75, 3.05) is 13.9 Å². The fraction of sp³-hybridized carbons (Fsp3) is 0.111. The first-order chi connectivity index (χ1) is 17.0. The Labute approximate surface area is 198 Å². The smallest absolute Gasteiger partial charge is 0.343 e. The van der Waals surface area contributed by atoms with Crippen LogP contribution in [0.15, 0.2) is 74.3 Å². The van der Waals surface area contributed by atoms with Gasteiger partial charge >= 0.3 is 11.6 Å². The monoisotopic (exact) mass is 470 g/mol. The second-order valence-corrected chi connectivity index (χ2v) is 8.04. The van der Waals surface area contributed by atoms with Crippen molar-refractivity contribution in [1.29, 1.82) is 0 Å². The average molecular weight is 470 g/mol. The van der Waals surface area contributed by atoms with Crippen molar-refractivity contribution in [2.45, 2.75) is 6.92 Å². The molecule has 0 amide bonds. The summed E-state index contributed by atoms with van der Waals surface area (Å²) < 4.78 is 33.2. The van der Waals surface area contributed by atoms with Crippen LogP contribution in [0.4, 0.5) is 0 Å². The Balaban J connectivity index is 1.44. The van der Waals surface area contributed by atoms with Crippen LogP contribution in [0, 0.1) is 6.92 Å². The summed E-state index contributed by atoms with van der Waals surface area (Å²) in [6.07, 6.45) is 0. The van der Waals surface area contributed by atoms with E-state index in [4.69, 9.17) is 27.8 Å². The third-order valence-electron chi connectivity index (χ3n) is 5.84. The number of para-hydroxylation sites is 1. The van der Waals surface area contributed by atoms with E-state index in [-0.39, 0.29) is 6.79 Å². The molecule has 0 unspecified atom stereocenters. The Morgan fingerprint density at radius 3 is 2.63 bits per heavy atom. The Kier molecular flexibility index (Phi) is 4.74. The van der Waals surface area contributed by atoms with Crippen molar-refractivity contribution in [2.24, 2.45) is 0 Å². The number of methoxy groups -OCH3 is 1. The summed E-state index contributed by atoms with van der Waals surface area (Å²) in [5.74, 6) is 1.86. The molecule has 0 radical (unpaired) electrons. The Hall–Kier alpha value is -4.72. The Bertz CT molecular complexity index is 1690. The van der Waals surface area contributed by atoms with Gasteiger partial charge in [0.25, 0.3) is 0 Å². The number of carbonyl (C=O) groups excluding carboxylic acids is 1. The molecule has 0 saturated carbocycles. The average Bonchev–Trinajstić information content (AvgIpc) is 3.50. The molecule has 0 N–H and O–H groups in total. The third kappa shape index (κ3) is 3.56. The molecule has 3 heterocycles. The first-order valence-electron chi connectivity index (χ1n) is 10.8. The standard InChI is InChI=1S/C27H18O8/c1-14-8-22-17(11-21(14)35-27(29)16-6-7-19-24(10-16)32-13-31-19)18(12-25(28)33-22)23-9-15-4-3-5-20(30-2)26(15)34-23/h3-12H,13H2,1-2H3. The van der Waals surface area contributed by atoms with Gasteiger partial charge in [-0.05, 0) is 55.0 Å². The maximum Gasteiger partial charge on any atom is 0.343 e. The summed E-state index contributed by atoms with van der Waals surface area (Å²) >= 11 is 0. The first-order valence-corrected chi connectivity index (χ1v) is 10.8. The van der Waals surface area contributed by atoms with Crippen LogP contribution < -0.4 is 24.6 Å². The van der Waals surface area contributed by atoms with Gasteiger partial charge in [-0.15, -0.1) is 0 Å². The SMILES string of the molecule is COc1cccc2cc(-c3cc(=O)oc4cc(C)c(OC(=O)c5ccc6c(c5)OCO6)cc34)oc12. The summed E-state index contributed by atoms with van der Waals surface area (Å²) in [7, 11) is 1.56. The molecule has 8 heteroatoms. The van der Waals surface area contributed by atoms with Crippen molar-refractivity contribution in [3.63, 3.8) is 0 Å². The molecule has 1 aliphatic rings. The van der Waals surface area contributed by atoms with Gasteiger partial charge in [-0.2, -0.15) is 0 Å². The summed E-state index contributed by atoms with van der Waals surface area (Å²) in [5, 5.41) is 1.38. The van der Waals surface area contributed by atoms with Crippen LogP contribution in [-0.2, 0) is 0 Å². The summed E-state index contributed by atoms with van der Waals surface area (Å²) in [6.45, 7) is 1.87. The Morgan fingerprint density at radius 2 is 1.77 bits per heavy atom. The largest absolute Gasteiger partial charge is 0.493 e. The predicted octanol–water partition coefficient (Wildman–Crippen LogP) is 5.47. The number of esters is 1. The van der Waals surface area contributed by atoms with E-state index in [2.05, 4.69) is 0 Å². The number of rotatable bonds is 4. The Morgan fingerprint density at radius 1 is 0.914 bits per heavy atom. The third-order valence-corrected chi connectivity index (χ3v) is 5.84. The quantitative estimate of drug-likeness (QED) is 0.194. The molecule has 6 rings (SSSR count). The number of hydrogen-bond acceptors (Lipinski definition) is 8. The number of hydrogen-bond donors (Lipinski definition) is 0. The molecule has 0 bridgehead atoms. The number of aryl methyl sites for hydroxylation is 1. The fourth-order valence-corrected chi connectivity index (χ4v) is 4.12. The topological polar surface area (TPSA) is 97.3 Å². The van der Waals surface area contributed by atoms with Crippen molar-refractivity contribution in [1.82, 2.24) is 0 Å². The van der Waals surface area contributed by atoms with Gasteiger partial charge < -0.3 is 27.8 Å². The van der Waals surface area contributed by atoms with Gasteiger partial charge in [0.1, 0.15) is 17.1 Å². The second-order valence-electron chi connectivity index (χ2n) is 8.04. The predicted molar refractivity (Wildman–Crippen MR) is 127 cm³/mol. The van der Waals surface area contributed by atoms with E-state index in [0.29, 0.717) is 62.0 Å². The van der Waals surface area contributed by atoms with Crippen LogP contribution in [0.25, 0.3) is 33.3 Å². The van der Waals surface area contributed by atoms with Crippen LogP contribution in [0.2, 0.25) is 0 Å². The van der Waals surface area contributed by atoms with E-state index in [0.717, 1.165) is 5.39 Å². The summed E-state index contributed by atoms with van der Waals surface area (Å²) in [5.41, 5.74) is 1.84. The van der Waals surface area contributed by atoms with Crippen LogP contribution in [0.5, 0.6) is 23.0 Å². The molecule has 0 fully saturated rings. The lowest BCUT2D eigenvalue weighted by Crippen LogP contribution is -2.09. The van der Waals surface area contributed by atoms with E-state index in [1.54, 1.807) is 50.4 Å². The van der Waals surface area contributed by atoms with Gasteiger partial charge in [0.15, 0.2) is 22.8 Å². The van der Waals surface area contributed by atoms with E-state index < -0.39 is 11.6 Å². The van der Waals surface area contributed by atoms with Crippen molar-refractivity contribution in [3.8, 4) is 34.3 Å². The molecular formula is C27H18O8. The zero-order valence-electron chi connectivity index (χ0n) is 18.7. The minimum absolute atomic E-state index is 0.110. The normalized spacial score (nSPS) is 12.3. The number of carbonyl (C=O) groups is 1. The lowest BCUT2D eigenvalue weighted by atomic mass is 10.0. The molecule has 0 atom stereocenters. The maximum atomic E-state index is 12.9. The van der Waals surface area contributed by atoms with Crippen LogP contribution in [0.1, 0.15) is 15.9 Å². The molecule has 2 aromatic heterocycles. The van der Waals surface area contributed by atoms with Gasteiger partial charge in [-0.1, -0.05) is 12.1 Å². The second kappa shape index (κ2) is 7.95. The highest BCUT2D eigenvalue weighted by Gasteiger charge is 2.20. The molecule has 35 heavy (non-hydrogen) atoms. The molecule has 1 aliphatic heterocycles. The van der Waals surface area contributed by atoms with E-state index >= 15 is 0 Å². The van der Waals surface area contributed by atoms with Crippen LogP contribution >= 0.6 is 0 Å². The molecule has 0 saturated heterocycles. The number of furan rings is 1. The first kappa shape index (κ1) is 20.9. The van der Waals surface area contributed by atoms with Crippen molar-refractivity contribution in [3.05, 3.63) is 82.2 Å². The number of fused-ring (bicyclic) bond motifs is 3. The van der Waals surface area contributed by atoms with Crippen LogP contribution in [0.3, 0.4) is 0 Å². The molecule has 8 nitrogen and oxygen atoms in total. The molecule has 0 aliphatic carbocycles. The molecule has 0 spiro atoms. The highest BCUT2D eigenvalue weighted by Crippen LogP contribution is 2.38. The van der Waals surface area contributed by atoms with E-state index in [1.165, 1.54) is 6.07 Å². The summed E-state index contributed by atoms with van der Waals surface area (Å²) in [4.78, 5) is 25.2.